The average molecular weight is 274 g/mol. The summed E-state index contributed by atoms with van der Waals surface area (Å²) in [6.07, 6.45) is 2.45. The Morgan fingerprint density at radius 1 is 1.42 bits per heavy atom. The summed E-state index contributed by atoms with van der Waals surface area (Å²) >= 11 is 1.45. The quantitative estimate of drug-likeness (QED) is 0.898. The fraction of sp³-hybridized carbons (Fsp3) is 0.286. The van der Waals surface area contributed by atoms with Crippen LogP contribution in [0, 0.1) is 0 Å². The highest BCUT2D eigenvalue weighted by atomic mass is 32.1. The summed E-state index contributed by atoms with van der Waals surface area (Å²) < 4.78 is 0. The first-order valence-corrected chi connectivity index (χ1v) is 7.08. The van der Waals surface area contributed by atoms with E-state index in [4.69, 9.17) is 10.8 Å². The average Bonchev–Trinajstić information content (AvgIpc) is 3.15. The smallest absolute Gasteiger partial charge is 0.326 e. The summed E-state index contributed by atoms with van der Waals surface area (Å²) in [4.78, 5) is 15.3. The van der Waals surface area contributed by atoms with E-state index < -0.39 is 12.0 Å². The Hall–Kier alpha value is -1.72. The second-order valence-corrected chi connectivity index (χ2v) is 5.61. The standard InChI is InChI=1S/C14H14N2O2S/c15-12(14(17)18)11-7-19-13(16-11)10-4-2-1-3-9(10)8-5-6-8/h1-4,7-8,12H,5-6,15H2,(H,17,18). The van der Waals surface area contributed by atoms with Gasteiger partial charge in [0.25, 0.3) is 0 Å². The molecule has 5 heteroatoms. The lowest BCUT2D eigenvalue weighted by atomic mass is 10.0. The van der Waals surface area contributed by atoms with Gasteiger partial charge in [0.1, 0.15) is 11.0 Å². The molecule has 19 heavy (non-hydrogen) atoms. The summed E-state index contributed by atoms with van der Waals surface area (Å²) in [5.41, 5.74) is 8.44. The number of hydrogen-bond donors (Lipinski definition) is 2. The lowest BCUT2D eigenvalue weighted by Crippen LogP contribution is -2.20. The van der Waals surface area contributed by atoms with Gasteiger partial charge < -0.3 is 10.8 Å². The number of aromatic nitrogens is 1. The molecule has 0 amide bonds. The molecule has 3 N–H and O–H groups in total. The number of aliphatic carboxylic acids is 1. The summed E-state index contributed by atoms with van der Waals surface area (Å²) in [6.45, 7) is 0. The van der Waals surface area contributed by atoms with Crippen LogP contribution in [0.15, 0.2) is 29.6 Å². The minimum atomic E-state index is -1.05. The third kappa shape index (κ3) is 2.39. The molecule has 0 saturated heterocycles. The maximum absolute atomic E-state index is 10.9. The molecule has 1 aromatic carbocycles. The van der Waals surface area contributed by atoms with Gasteiger partial charge in [-0.3, -0.25) is 4.79 Å². The van der Waals surface area contributed by atoms with Crippen molar-refractivity contribution in [2.45, 2.75) is 24.8 Å². The van der Waals surface area contributed by atoms with Gasteiger partial charge in [-0.2, -0.15) is 0 Å². The van der Waals surface area contributed by atoms with E-state index in [1.807, 2.05) is 18.2 Å². The van der Waals surface area contributed by atoms with Gasteiger partial charge in [0.2, 0.25) is 0 Å². The second kappa shape index (κ2) is 4.75. The Bertz CT molecular complexity index is 619. The van der Waals surface area contributed by atoms with Gasteiger partial charge in [-0.15, -0.1) is 11.3 Å². The second-order valence-electron chi connectivity index (χ2n) is 4.75. The van der Waals surface area contributed by atoms with Crippen molar-refractivity contribution < 1.29 is 9.90 Å². The molecule has 98 valence electrons. The van der Waals surface area contributed by atoms with Crippen molar-refractivity contribution in [2.24, 2.45) is 5.73 Å². The summed E-state index contributed by atoms with van der Waals surface area (Å²) in [5, 5.41) is 11.5. The predicted molar refractivity (Wildman–Crippen MR) is 74.1 cm³/mol. The third-order valence-corrected chi connectivity index (χ3v) is 4.21. The van der Waals surface area contributed by atoms with Crippen molar-refractivity contribution in [1.82, 2.24) is 4.98 Å². The topological polar surface area (TPSA) is 76.2 Å². The van der Waals surface area contributed by atoms with Gasteiger partial charge in [-0.05, 0) is 24.3 Å². The van der Waals surface area contributed by atoms with Gasteiger partial charge in [-0.1, -0.05) is 24.3 Å². The van der Waals surface area contributed by atoms with Crippen LogP contribution in [0.4, 0.5) is 0 Å². The van der Waals surface area contributed by atoms with E-state index in [9.17, 15) is 4.79 Å². The molecule has 3 rings (SSSR count). The maximum Gasteiger partial charge on any atom is 0.326 e. The van der Waals surface area contributed by atoms with Crippen molar-refractivity contribution in [3.8, 4) is 10.6 Å². The maximum atomic E-state index is 10.9. The number of rotatable bonds is 4. The van der Waals surface area contributed by atoms with Crippen LogP contribution in [0.2, 0.25) is 0 Å². The fourth-order valence-electron chi connectivity index (χ4n) is 2.12. The van der Waals surface area contributed by atoms with E-state index in [1.165, 1.54) is 29.7 Å². The number of carboxylic acids is 1. The molecule has 0 radical (unpaired) electrons. The van der Waals surface area contributed by atoms with Crippen LogP contribution in [0.1, 0.15) is 36.1 Å². The van der Waals surface area contributed by atoms with E-state index in [2.05, 4.69) is 11.1 Å². The monoisotopic (exact) mass is 274 g/mol. The molecule has 0 aliphatic heterocycles. The molecule has 1 unspecified atom stereocenters. The molecule has 1 heterocycles. The Morgan fingerprint density at radius 3 is 2.84 bits per heavy atom. The van der Waals surface area contributed by atoms with Gasteiger partial charge in [0.15, 0.2) is 0 Å². The van der Waals surface area contributed by atoms with Crippen LogP contribution in [0.3, 0.4) is 0 Å². The van der Waals surface area contributed by atoms with Crippen LogP contribution in [-0.4, -0.2) is 16.1 Å². The molecule has 1 aliphatic carbocycles. The molecule has 0 bridgehead atoms. The molecule has 1 saturated carbocycles. The molecule has 0 spiro atoms. The lowest BCUT2D eigenvalue weighted by molar-refractivity contribution is -0.138. The van der Waals surface area contributed by atoms with E-state index >= 15 is 0 Å². The van der Waals surface area contributed by atoms with Crippen molar-refractivity contribution >= 4 is 17.3 Å². The number of carbonyl (C=O) groups is 1. The number of carboxylic acid groups (broad SMARTS) is 1. The third-order valence-electron chi connectivity index (χ3n) is 3.32. The SMILES string of the molecule is NC(C(=O)O)c1csc(-c2ccccc2C2CC2)n1. The zero-order chi connectivity index (χ0) is 13.4. The minimum absolute atomic E-state index is 0.429. The van der Waals surface area contributed by atoms with Gasteiger partial charge in [-0.25, -0.2) is 4.98 Å². The molecule has 1 aliphatic rings. The molecule has 1 aromatic heterocycles. The van der Waals surface area contributed by atoms with Gasteiger partial charge in [0.05, 0.1) is 5.69 Å². The Kier molecular flexibility index (Phi) is 3.08. The highest BCUT2D eigenvalue weighted by molar-refractivity contribution is 7.13. The van der Waals surface area contributed by atoms with E-state index in [1.54, 1.807) is 5.38 Å². The van der Waals surface area contributed by atoms with Gasteiger partial charge in [0, 0.05) is 10.9 Å². The van der Waals surface area contributed by atoms with Crippen molar-refractivity contribution in [3.63, 3.8) is 0 Å². The molecule has 4 nitrogen and oxygen atoms in total. The largest absolute Gasteiger partial charge is 0.480 e. The summed E-state index contributed by atoms with van der Waals surface area (Å²) in [7, 11) is 0. The summed E-state index contributed by atoms with van der Waals surface area (Å²) in [6, 6.07) is 7.15. The van der Waals surface area contributed by atoms with Crippen molar-refractivity contribution in [3.05, 3.63) is 40.9 Å². The molecular weight excluding hydrogens is 260 g/mol. The Morgan fingerprint density at radius 2 is 2.16 bits per heavy atom. The zero-order valence-corrected chi connectivity index (χ0v) is 11.1. The number of nitrogens with zero attached hydrogens (tertiary/aromatic N) is 1. The molecule has 1 fully saturated rings. The van der Waals surface area contributed by atoms with Crippen LogP contribution in [0.5, 0.6) is 0 Å². The normalized spacial score (nSPS) is 16.3. The van der Waals surface area contributed by atoms with Crippen LogP contribution >= 0.6 is 11.3 Å². The van der Waals surface area contributed by atoms with E-state index in [0.29, 0.717) is 11.6 Å². The highest BCUT2D eigenvalue weighted by Gasteiger charge is 2.27. The van der Waals surface area contributed by atoms with Crippen LogP contribution in [-0.2, 0) is 4.79 Å². The first-order valence-electron chi connectivity index (χ1n) is 6.20. The first-order chi connectivity index (χ1) is 9.16. The number of hydrogen-bond acceptors (Lipinski definition) is 4. The highest BCUT2D eigenvalue weighted by Crippen LogP contribution is 2.44. The number of benzene rings is 1. The first kappa shape index (κ1) is 12.3. The minimum Gasteiger partial charge on any atom is -0.480 e. The fourth-order valence-corrected chi connectivity index (χ4v) is 3.02. The van der Waals surface area contributed by atoms with Crippen LogP contribution < -0.4 is 5.73 Å². The molecule has 2 aromatic rings. The van der Waals surface area contributed by atoms with E-state index in [0.717, 1.165) is 10.6 Å². The Labute approximate surface area is 114 Å². The lowest BCUT2D eigenvalue weighted by Gasteiger charge is -2.05. The van der Waals surface area contributed by atoms with E-state index in [-0.39, 0.29) is 0 Å². The summed E-state index contributed by atoms with van der Waals surface area (Å²) in [5.74, 6) is -0.413. The number of thiazole rings is 1. The predicted octanol–water partition coefficient (Wildman–Crippen LogP) is 2.77. The Balaban J connectivity index is 1.97. The number of nitrogens with two attached hydrogens (primary N) is 1. The molecule has 1 atom stereocenters. The van der Waals surface area contributed by atoms with Crippen molar-refractivity contribution in [1.29, 1.82) is 0 Å². The van der Waals surface area contributed by atoms with Crippen LogP contribution in [0.25, 0.3) is 10.6 Å². The van der Waals surface area contributed by atoms with Gasteiger partial charge >= 0.3 is 5.97 Å². The molecular formula is C14H14N2O2S. The van der Waals surface area contributed by atoms with Crippen molar-refractivity contribution in [2.75, 3.05) is 0 Å². The zero-order valence-electron chi connectivity index (χ0n) is 10.2.